The Morgan fingerprint density at radius 2 is 0.794 bits per heavy atom. The van der Waals surface area contributed by atoms with Crippen LogP contribution in [0.2, 0.25) is 0 Å². The first kappa shape index (κ1) is 92.2. The number of nitrogens with zero attached hydrogens (tertiary/aromatic N) is 10. The largest absolute Gasteiger partial charge is 0.493 e. The van der Waals surface area contributed by atoms with E-state index in [1.54, 1.807) is 51.2 Å². The van der Waals surface area contributed by atoms with Crippen LogP contribution < -0.4 is 30.9 Å². The number of Topliss-reactive ketones (excluding diaryl/α,β-unsaturated/α-hetero) is 3. The maximum absolute atomic E-state index is 14.4. The molecule has 22 nitrogen and oxygen atoms in total. The first-order valence-electron chi connectivity index (χ1n) is 45.5. The summed E-state index contributed by atoms with van der Waals surface area (Å²) in [7, 11) is 3.83. The van der Waals surface area contributed by atoms with E-state index in [0.717, 1.165) is 168 Å². The molecule has 0 radical (unpaired) electrons. The van der Waals surface area contributed by atoms with Crippen molar-refractivity contribution in [3.63, 3.8) is 0 Å². The minimum Gasteiger partial charge on any atom is -0.493 e. The maximum Gasteiger partial charge on any atom is 0.416 e. The molecular formula is C110H104F4N10O12. The predicted molar refractivity (Wildman–Crippen MR) is 522 cm³/mol. The third kappa shape index (κ3) is 17.6. The summed E-state index contributed by atoms with van der Waals surface area (Å²) in [5, 5.41) is 15.9. The lowest BCUT2D eigenvalue weighted by molar-refractivity contribution is -0.139. The second-order valence-corrected chi connectivity index (χ2v) is 38.5. The number of aryl methyl sites for hydroxylation is 5. The fourth-order valence-electron chi connectivity index (χ4n) is 19.7. The highest BCUT2D eigenvalue weighted by Gasteiger charge is 2.38. The number of pyridine rings is 6. The van der Waals surface area contributed by atoms with E-state index in [9.17, 15) is 46.3 Å². The zero-order chi connectivity index (χ0) is 96.4. The Hall–Kier alpha value is -14.2. The Morgan fingerprint density at radius 1 is 0.412 bits per heavy atom. The molecule has 3 aliphatic rings. The number of carbonyl (C=O) groups is 3. The molecule has 3 atom stereocenters. The third-order valence-electron chi connectivity index (χ3n) is 25.4. The second-order valence-electron chi connectivity index (χ2n) is 38.5. The van der Waals surface area contributed by atoms with Gasteiger partial charge in [0.2, 0.25) is 0 Å². The maximum atomic E-state index is 14.4. The number of carbonyl (C=O) groups excluding carboxylic acids is 3. The van der Waals surface area contributed by atoms with Crippen molar-refractivity contribution in [3.05, 3.63) is 304 Å². The van der Waals surface area contributed by atoms with E-state index >= 15 is 0 Å². The van der Waals surface area contributed by atoms with E-state index in [-0.39, 0.29) is 40.6 Å². The van der Waals surface area contributed by atoms with Crippen LogP contribution in [0.25, 0.3) is 121 Å². The molecule has 8 aromatic heterocycles. The molecule has 17 aromatic rings. The van der Waals surface area contributed by atoms with Crippen molar-refractivity contribution in [2.24, 2.45) is 14.1 Å². The highest BCUT2D eigenvalue weighted by atomic mass is 19.4. The highest BCUT2D eigenvalue weighted by Crippen LogP contribution is 2.51. The van der Waals surface area contributed by atoms with Crippen LogP contribution in [-0.2, 0) is 87.8 Å². The van der Waals surface area contributed by atoms with Gasteiger partial charge in [-0.3, -0.25) is 53.1 Å². The fraction of sp³-hybridized carbons (Fsp3) is 0.300. The average molecular weight is 1830 g/mol. The molecular weight excluding hydrogens is 1730 g/mol. The smallest absolute Gasteiger partial charge is 0.416 e. The first-order valence-corrected chi connectivity index (χ1v) is 45.5. The standard InChI is InChI=1S/2C37H36N4O4.C36H32F4N2O4/c1-21-17-29-26(9-12-31(43)41(29)20-23-7-10-28-25(18-23)19-39-40(28)6)34(32(21)36(22(2)42)45-37(3,4)5)27-8-11-30-33-24(14-16-44-30)13-15-38-35(27)33;1-21-18-29-25(11-13-31(43)41(29)20-24-8-7-9-28-27(24)19-39-40(28)6)34(32(21)36(22(2)42)45-37(3,4)5)26-10-12-30-33-23(15-17-44-30)14-16-38-35(26)33;1-19-14-27-25(7-9-29(44)42(27)18-21-15-23(36(38,39)40)17-24(37)16-21)32(30(19)34(20(2)43)46-35(3,4)5)26-6-8-28-31-22(11-13-45-28)10-12-41-33(26)31/h7-13,15,17-19,36H,14,16,20H2,1-6H3;7-14,16,18-19,36H,15,17,20H2,1-6H3;6-10,12,14-17,34H,11,13,18H2,1-5H3/t2*36-;34-/m111/s1. The van der Waals surface area contributed by atoms with Gasteiger partial charge in [-0.1, -0.05) is 18.2 Å². The number of hydrogen-bond acceptors (Lipinski definition) is 17. The van der Waals surface area contributed by atoms with E-state index in [1.807, 2.05) is 243 Å². The van der Waals surface area contributed by atoms with Crippen molar-refractivity contribution in [1.29, 1.82) is 0 Å². The molecule has 0 amide bonds. The number of halogens is 4. The van der Waals surface area contributed by atoms with Gasteiger partial charge in [-0.05, 0) is 315 Å². The summed E-state index contributed by atoms with van der Waals surface area (Å²) < 4.78 is 101. The van der Waals surface area contributed by atoms with Crippen molar-refractivity contribution < 1.29 is 60.4 Å². The van der Waals surface area contributed by atoms with Crippen LogP contribution in [-0.4, -0.2) is 102 Å². The fourth-order valence-corrected chi connectivity index (χ4v) is 19.7. The lowest BCUT2D eigenvalue weighted by atomic mass is 9.85. The molecule has 0 aliphatic carbocycles. The van der Waals surface area contributed by atoms with Crippen LogP contribution in [0, 0.1) is 26.6 Å². The Morgan fingerprint density at radius 3 is 1.18 bits per heavy atom. The van der Waals surface area contributed by atoms with Crippen molar-refractivity contribution in [2.45, 2.75) is 184 Å². The van der Waals surface area contributed by atoms with E-state index in [2.05, 4.69) is 16.3 Å². The van der Waals surface area contributed by atoms with Crippen molar-refractivity contribution in [1.82, 2.24) is 48.2 Å². The third-order valence-corrected chi connectivity index (χ3v) is 25.4. The summed E-state index contributed by atoms with van der Waals surface area (Å²) in [5.41, 5.74) is 17.1. The van der Waals surface area contributed by atoms with Crippen LogP contribution in [0.4, 0.5) is 17.6 Å². The molecule has 694 valence electrons. The number of fused-ring (bicyclic) bond motifs is 5. The highest BCUT2D eigenvalue weighted by molar-refractivity contribution is 6.12. The van der Waals surface area contributed by atoms with Gasteiger partial charge >= 0.3 is 6.18 Å². The zero-order valence-corrected chi connectivity index (χ0v) is 79.0. The molecule has 0 bridgehead atoms. The Kier molecular flexibility index (Phi) is 24.1. The molecule has 0 spiro atoms. The van der Waals surface area contributed by atoms with Gasteiger partial charge in [-0.15, -0.1) is 0 Å². The summed E-state index contributed by atoms with van der Waals surface area (Å²) in [6, 6.07) is 48.0. The number of ether oxygens (including phenoxy) is 6. The molecule has 0 saturated carbocycles. The number of alkyl halides is 3. The summed E-state index contributed by atoms with van der Waals surface area (Å²) in [6.45, 7) is 29.9. The van der Waals surface area contributed by atoms with E-state index in [0.29, 0.717) is 89.8 Å². The molecule has 0 fully saturated rings. The number of rotatable bonds is 18. The number of hydrogen-bond donors (Lipinski definition) is 0. The van der Waals surface area contributed by atoms with Crippen LogP contribution >= 0.6 is 0 Å². The molecule has 11 heterocycles. The normalized spacial score (nSPS) is 13.9. The second kappa shape index (κ2) is 35.6. The van der Waals surface area contributed by atoms with Crippen LogP contribution in [0.1, 0.15) is 174 Å². The zero-order valence-electron chi connectivity index (χ0n) is 79.0. The van der Waals surface area contributed by atoms with Gasteiger partial charge in [-0.2, -0.15) is 23.4 Å². The van der Waals surface area contributed by atoms with Gasteiger partial charge in [0.15, 0.2) is 17.3 Å². The molecule has 136 heavy (non-hydrogen) atoms. The number of ketones is 3. The molecule has 0 N–H and O–H groups in total. The molecule has 26 heteroatoms. The lowest BCUT2D eigenvalue weighted by Gasteiger charge is -2.30. The summed E-state index contributed by atoms with van der Waals surface area (Å²) in [4.78, 5) is 95.1. The predicted octanol–water partition coefficient (Wildman–Crippen LogP) is 21.8. The minimum absolute atomic E-state index is 0.0247. The molecule has 3 aliphatic heterocycles. The van der Waals surface area contributed by atoms with Crippen molar-refractivity contribution in [2.75, 3.05) is 19.8 Å². The monoisotopic (exact) mass is 1830 g/mol. The van der Waals surface area contributed by atoms with Gasteiger partial charge in [0.1, 0.15) is 41.4 Å². The Labute approximate surface area is 781 Å². The quantitative estimate of drug-likeness (QED) is 0.0724. The molecule has 20 rings (SSSR count). The first-order chi connectivity index (χ1) is 64.6. The molecule has 0 saturated heterocycles. The van der Waals surface area contributed by atoms with Gasteiger partial charge in [0.05, 0.1) is 118 Å². The summed E-state index contributed by atoms with van der Waals surface area (Å²) in [6.07, 6.45) is 3.96. The summed E-state index contributed by atoms with van der Waals surface area (Å²) in [5.74, 6) is 0.818. The van der Waals surface area contributed by atoms with Crippen molar-refractivity contribution >= 4 is 105 Å². The van der Waals surface area contributed by atoms with Gasteiger partial charge < -0.3 is 42.1 Å². The van der Waals surface area contributed by atoms with Gasteiger partial charge in [0, 0.05) is 130 Å². The number of aromatic nitrogens is 10. The molecule has 0 unspecified atom stereocenters. The lowest BCUT2D eigenvalue weighted by Crippen LogP contribution is -2.27. The van der Waals surface area contributed by atoms with Gasteiger partial charge in [0.25, 0.3) is 16.7 Å². The minimum atomic E-state index is -4.76. The summed E-state index contributed by atoms with van der Waals surface area (Å²) >= 11 is 0. The van der Waals surface area contributed by atoms with Crippen LogP contribution in [0.3, 0.4) is 0 Å². The van der Waals surface area contributed by atoms with Crippen molar-refractivity contribution in [3.8, 4) is 50.6 Å². The van der Waals surface area contributed by atoms with Gasteiger partial charge in [-0.25, -0.2) is 4.39 Å². The number of benzene rings is 9. The Balaban J connectivity index is 0.000000136. The topological polar surface area (TPSA) is 247 Å². The van der Waals surface area contributed by atoms with Crippen LogP contribution in [0.5, 0.6) is 17.2 Å². The molecule has 9 aromatic carbocycles. The van der Waals surface area contributed by atoms with E-state index in [1.165, 1.54) is 28.7 Å². The Bertz CT molecular complexity index is 7990. The SMILES string of the molecule is CC(=O)[C@@H](OC(C)(C)C)c1c(C)cc2c(ccc(=O)n2Cc2cc(F)cc(C(F)(F)F)c2)c1-c1ccc2c3c(ccnc13)CCO2.CC(=O)[C@@H](OC(C)(C)C)c1c(C)cc2c(ccc(=O)n2Cc2ccc3c(cnn3C)c2)c1-c1ccc2c3c(ccnc13)CCO2.CC(=O)[C@@H](OC(C)(C)C)c1c(C)cc2c(ccc(=O)n2Cc2cccc3c2cnn3C)c1-c1ccc2c3c(ccnc13)CCO2. The van der Waals surface area contributed by atoms with E-state index < -0.39 is 58.2 Å². The van der Waals surface area contributed by atoms with E-state index in [4.69, 9.17) is 43.4 Å². The average Bonchev–Trinajstić information content (AvgIpc) is 0.774. The van der Waals surface area contributed by atoms with Crippen LogP contribution in [0.15, 0.2) is 209 Å².